The number of pyridine rings is 2. The summed E-state index contributed by atoms with van der Waals surface area (Å²) in [5.74, 6) is 0.679. The molecule has 0 saturated heterocycles. The SMILES string of the molecule is S=c1nc2ccccn2c(=S)n1-c1ccccn1. The van der Waals surface area contributed by atoms with Crippen LogP contribution in [0.4, 0.5) is 0 Å². The number of nitrogens with zero attached hydrogens (tertiary/aromatic N) is 4. The van der Waals surface area contributed by atoms with Crippen LogP contribution in [0.2, 0.25) is 0 Å². The van der Waals surface area contributed by atoms with Crippen LogP contribution in [0.1, 0.15) is 0 Å². The van der Waals surface area contributed by atoms with Gasteiger partial charge in [0.1, 0.15) is 11.5 Å². The van der Waals surface area contributed by atoms with E-state index < -0.39 is 0 Å². The van der Waals surface area contributed by atoms with Crippen LogP contribution in [-0.2, 0) is 0 Å². The number of fused-ring (bicyclic) bond motifs is 1. The van der Waals surface area contributed by atoms with Crippen LogP contribution >= 0.6 is 24.4 Å². The highest BCUT2D eigenvalue weighted by Crippen LogP contribution is 2.08. The smallest absolute Gasteiger partial charge is 0.209 e. The van der Waals surface area contributed by atoms with Gasteiger partial charge in [0.15, 0.2) is 4.77 Å². The van der Waals surface area contributed by atoms with E-state index in [0.29, 0.717) is 15.4 Å². The molecule has 0 saturated carbocycles. The minimum absolute atomic E-state index is 0.407. The van der Waals surface area contributed by atoms with Crippen molar-refractivity contribution in [1.29, 1.82) is 0 Å². The second-order valence-electron chi connectivity index (χ2n) is 3.63. The maximum atomic E-state index is 5.44. The summed E-state index contributed by atoms with van der Waals surface area (Å²) in [6, 6.07) is 11.3. The topological polar surface area (TPSA) is 35.1 Å². The molecule has 0 bridgehead atoms. The quantitative estimate of drug-likeness (QED) is 0.638. The van der Waals surface area contributed by atoms with Crippen molar-refractivity contribution in [2.75, 3.05) is 0 Å². The fourth-order valence-corrected chi connectivity index (χ4v) is 2.37. The van der Waals surface area contributed by atoms with Crippen LogP contribution in [-0.4, -0.2) is 18.9 Å². The lowest BCUT2D eigenvalue weighted by molar-refractivity contribution is 0.832. The minimum atomic E-state index is 0.407. The van der Waals surface area contributed by atoms with Gasteiger partial charge >= 0.3 is 0 Å². The van der Waals surface area contributed by atoms with E-state index in [9.17, 15) is 0 Å². The molecule has 4 nitrogen and oxygen atoms in total. The first-order chi connectivity index (χ1) is 8.77. The molecule has 3 aromatic heterocycles. The normalized spacial score (nSPS) is 10.7. The lowest BCUT2D eigenvalue weighted by Crippen LogP contribution is -2.08. The molecule has 0 fully saturated rings. The summed E-state index contributed by atoms with van der Waals surface area (Å²) in [5.41, 5.74) is 0.736. The molecule has 0 N–H and O–H groups in total. The van der Waals surface area contributed by atoms with Gasteiger partial charge in [0.2, 0.25) is 4.77 Å². The Morgan fingerprint density at radius 3 is 2.61 bits per heavy atom. The second kappa shape index (κ2) is 4.40. The lowest BCUT2D eigenvalue weighted by Gasteiger charge is -2.08. The summed E-state index contributed by atoms with van der Waals surface area (Å²) >= 11 is 10.7. The Morgan fingerprint density at radius 2 is 1.83 bits per heavy atom. The molecular formula is C12H8N4S2. The summed E-state index contributed by atoms with van der Waals surface area (Å²) in [6.07, 6.45) is 3.56. The molecule has 0 spiro atoms. The van der Waals surface area contributed by atoms with Crippen molar-refractivity contribution in [3.63, 3.8) is 0 Å². The molecule has 0 amide bonds. The van der Waals surface area contributed by atoms with Crippen molar-refractivity contribution in [3.05, 3.63) is 58.3 Å². The highest BCUT2D eigenvalue weighted by molar-refractivity contribution is 7.72. The zero-order valence-electron chi connectivity index (χ0n) is 9.22. The van der Waals surface area contributed by atoms with E-state index in [1.165, 1.54) is 0 Å². The molecule has 3 rings (SSSR count). The highest BCUT2D eigenvalue weighted by atomic mass is 32.1. The fourth-order valence-electron chi connectivity index (χ4n) is 1.71. The van der Waals surface area contributed by atoms with Gasteiger partial charge in [-0.25, -0.2) is 14.5 Å². The van der Waals surface area contributed by atoms with Gasteiger partial charge in [0.25, 0.3) is 0 Å². The van der Waals surface area contributed by atoms with Crippen LogP contribution in [0.3, 0.4) is 0 Å². The summed E-state index contributed by atoms with van der Waals surface area (Å²) in [4.78, 5) is 8.60. The molecule has 3 aromatic rings. The van der Waals surface area contributed by atoms with Gasteiger partial charge in [-0.1, -0.05) is 12.1 Å². The molecule has 3 heterocycles. The molecule has 0 aliphatic rings. The molecule has 0 unspecified atom stereocenters. The number of hydrogen-bond acceptors (Lipinski definition) is 4. The number of rotatable bonds is 1. The number of hydrogen-bond donors (Lipinski definition) is 0. The molecule has 0 aromatic carbocycles. The van der Waals surface area contributed by atoms with Gasteiger partial charge in [-0.15, -0.1) is 0 Å². The van der Waals surface area contributed by atoms with E-state index in [1.54, 1.807) is 15.2 Å². The largest absolute Gasteiger partial charge is 0.278 e. The van der Waals surface area contributed by atoms with Crippen molar-refractivity contribution in [1.82, 2.24) is 18.9 Å². The average Bonchev–Trinajstić information content (AvgIpc) is 2.40. The molecular weight excluding hydrogens is 264 g/mol. The van der Waals surface area contributed by atoms with Crippen LogP contribution < -0.4 is 0 Å². The zero-order valence-corrected chi connectivity index (χ0v) is 10.9. The zero-order chi connectivity index (χ0) is 12.5. The molecule has 0 atom stereocenters. The Morgan fingerprint density at radius 1 is 1.00 bits per heavy atom. The molecule has 88 valence electrons. The van der Waals surface area contributed by atoms with Gasteiger partial charge in [-0.3, -0.25) is 4.40 Å². The highest BCUT2D eigenvalue weighted by Gasteiger charge is 2.04. The third-order valence-corrected chi connectivity index (χ3v) is 3.17. The summed E-state index contributed by atoms with van der Waals surface area (Å²) in [6.45, 7) is 0. The Kier molecular flexibility index (Phi) is 2.73. The van der Waals surface area contributed by atoms with Crippen LogP contribution in [0.5, 0.6) is 0 Å². The predicted octanol–water partition coefficient (Wildman–Crippen LogP) is 2.98. The van der Waals surface area contributed by atoms with E-state index in [-0.39, 0.29) is 0 Å². The van der Waals surface area contributed by atoms with E-state index >= 15 is 0 Å². The first kappa shape index (κ1) is 11.2. The summed E-state index contributed by atoms with van der Waals surface area (Å²) < 4.78 is 4.45. The Hall–Kier alpha value is -1.92. The maximum Gasteiger partial charge on any atom is 0.209 e. The Bertz CT molecular complexity index is 821. The molecule has 18 heavy (non-hydrogen) atoms. The molecule has 0 radical (unpaired) electrons. The first-order valence-electron chi connectivity index (χ1n) is 5.29. The van der Waals surface area contributed by atoms with E-state index in [4.69, 9.17) is 24.4 Å². The van der Waals surface area contributed by atoms with Gasteiger partial charge in [-0.2, -0.15) is 0 Å². The van der Waals surface area contributed by atoms with Crippen molar-refractivity contribution in [2.45, 2.75) is 0 Å². The third-order valence-electron chi connectivity index (χ3n) is 2.52. The summed E-state index contributed by atoms with van der Waals surface area (Å²) in [7, 11) is 0. The van der Waals surface area contributed by atoms with Gasteiger partial charge < -0.3 is 0 Å². The van der Waals surface area contributed by atoms with Crippen LogP contribution in [0, 0.1) is 9.54 Å². The maximum absolute atomic E-state index is 5.44. The fraction of sp³-hybridized carbons (Fsp3) is 0. The van der Waals surface area contributed by atoms with Gasteiger partial charge in [-0.05, 0) is 48.7 Å². The van der Waals surface area contributed by atoms with Crippen molar-refractivity contribution in [3.8, 4) is 5.82 Å². The Balaban J connectivity index is 2.45. The minimum Gasteiger partial charge on any atom is -0.278 e. The van der Waals surface area contributed by atoms with E-state index in [1.807, 2.05) is 42.6 Å². The summed E-state index contributed by atoms with van der Waals surface area (Å²) in [5, 5.41) is 0. The van der Waals surface area contributed by atoms with Crippen molar-refractivity contribution >= 4 is 30.1 Å². The monoisotopic (exact) mass is 272 g/mol. The van der Waals surface area contributed by atoms with E-state index in [2.05, 4.69) is 9.97 Å². The van der Waals surface area contributed by atoms with Gasteiger partial charge in [0, 0.05) is 12.4 Å². The second-order valence-corrected chi connectivity index (χ2v) is 4.36. The average molecular weight is 272 g/mol. The van der Waals surface area contributed by atoms with Crippen LogP contribution in [0.15, 0.2) is 48.8 Å². The third kappa shape index (κ3) is 1.75. The Labute approximate surface area is 113 Å². The lowest BCUT2D eigenvalue weighted by atomic mass is 10.4. The van der Waals surface area contributed by atoms with Crippen molar-refractivity contribution < 1.29 is 0 Å². The van der Waals surface area contributed by atoms with Crippen LogP contribution in [0.25, 0.3) is 11.5 Å². The predicted molar refractivity (Wildman–Crippen MR) is 74.0 cm³/mol. The first-order valence-corrected chi connectivity index (χ1v) is 6.11. The van der Waals surface area contributed by atoms with E-state index in [0.717, 1.165) is 5.65 Å². The van der Waals surface area contributed by atoms with Crippen molar-refractivity contribution in [2.24, 2.45) is 0 Å². The number of aromatic nitrogens is 4. The molecule has 0 aliphatic heterocycles. The molecule has 0 aliphatic carbocycles. The molecule has 6 heteroatoms. The van der Waals surface area contributed by atoms with Gasteiger partial charge in [0.05, 0.1) is 0 Å². The standard InChI is InChI=1S/C12H8N4S2/c17-11-14-10-6-2-4-8-15(10)12(18)16(11)9-5-1-3-7-13-9/h1-8H.